The number of hydrogen-bond donors (Lipinski definition) is 0. The van der Waals surface area contributed by atoms with Crippen LogP contribution in [0.5, 0.6) is 0 Å². The van der Waals surface area contributed by atoms with Crippen LogP contribution < -0.4 is 0 Å². The Morgan fingerprint density at radius 3 is 2.48 bits per heavy atom. The fourth-order valence-corrected chi connectivity index (χ4v) is 3.42. The molecule has 1 aromatic heterocycles. The van der Waals surface area contributed by atoms with Crippen LogP contribution in [0.25, 0.3) is 11.4 Å². The summed E-state index contributed by atoms with van der Waals surface area (Å²) in [5.41, 5.74) is 1.51. The molecule has 3 aromatic rings. The smallest absolute Gasteiger partial charge is 0.241 e. The summed E-state index contributed by atoms with van der Waals surface area (Å²) in [7, 11) is 0. The molecule has 5 nitrogen and oxygen atoms in total. The van der Waals surface area contributed by atoms with Gasteiger partial charge in [-0.1, -0.05) is 35.5 Å². The molecule has 2 aromatic carbocycles. The van der Waals surface area contributed by atoms with Crippen molar-refractivity contribution in [3.8, 4) is 11.4 Å². The zero-order valence-electron chi connectivity index (χ0n) is 14.8. The highest BCUT2D eigenvalue weighted by atomic mass is 19.1. The zero-order valence-corrected chi connectivity index (χ0v) is 14.8. The predicted octanol–water partition coefficient (Wildman–Crippen LogP) is 3.97. The fraction of sp³-hybridized carbons (Fsp3) is 0.286. The van der Waals surface area contributed by atoms with E-state index in [0.717, 1.165) is 37.1 Å². The van der Waals surface area contributed by atoms with Crippen molar-refractivity contribution in [2.75, 3.05) is 13.1 Å². The number of ketones is 1. The molecule has 27 heavy (non-hydrogen) atoms. The number of Topliss-reactive ketones (excluding diaryl/α,β-unsaturated/α-hetero) is 1. The van der Waals surface area contributed by atoms with Crippen molar-refractivity contribution in [3.63, 3.8) is 0 Å². The highest BCUT2D eigenvalue weighted by Gasteiger charge is 2.26. The molecular formula is C21H20FN3O2. The van der Waals surface area contributed by atoms with Crippen LogP contribution in [-0.2, 0) is 6.54 Å². The molecule has 2 heterocycles. The molecule has 138 valence electrons. The van der Waals surface area contributed by atoms with Crippen LogP contribution in [0.3, 0.4) is 0 Å². The number of likely N-dealkylation sites (tertiary alicyclic amines) is 1. The van der Waals surface area contributed by atoms with Crippen molar-refractivity contribution in [1.82, 2.24) is 15.0 Å². The fourth-order valence-electron chi connectivity index (χ4n) is 3.42. The lowest BCUT2D eigenvalue weighted by Crippen LogP contribution is -2.36. The Kier molecular flexibility index (Phi) is 5.07. The number of aromatic nitrogens is 2. The molecule has 0 bridgehead atoms. The SMILES string of the molecule is O=C(c1ccccc1)C1CCN(Cc2nc(-c3ccc(F)cc3)no2)CC1. The van der Waals surface area contributed by atoms with Crippen LogP contribution in [-0.4, -0.2) is 33.9 Å². The lowest BCUT2D eigenvalue weighted by Gasteiger charge is -2.30. The zero-order chi connectivity index (χ0) is 18.6. The second-order valence-electron chi connectivity index (χ2n) is 6.80. The molecule has 0 amide bonds. The predicted molar refractivity (Wildman–Crippen MR) is 98.5 cm³/mol. The number of nitrogens with zero attached hydrogens (tertiary/aromatic N) is 3. The van der Waals surface area contributed by atoms with Crippen molar-refractivity contribution in [3.05, 3.63) is 71.9 Å². The van der Waals surface area contributed by atoms with Gasteiger partial charge >= 0.3 is 0 Å². The molecule has 0 radical (unpaired) electrons. The highest BCUT2D eigenvalue weighted by Crippen LogP contribution is 2.23. The molecular weight excluding hydrogens is 345 g/mol. The van der Waals surface area contributed by atoms with Gasteiger partial charge in [-0.2, -0.15) is 4.98 Å². The summed E-state index contributed by atoms with van der Waals surface area (Å²) >= 11 is 0. The molecule has 0 unspecified atom stereocenters. The first-order valence-corrected chi connectivity index (χ1v) is 9.09. The molecule has 4 rings (SSSR count). The summed E-state index contributed by atoms with van der Waals surface area (Å²) in [5, 5.41) is 3.98. The topological polar surface area (TPSA) is 59.2 Å². The molecule has 1 aliphatic rings. The van der Waals surface area contributed by atoms with Gasteiger partial charge in [0.2, 0.25) is 11.7 Å². The third-order valence-electron chi connectivity index (χ3n) is 4.95. The van der Waals surface area contributed by atoms with E-state index >= 15 is 0 Å². The molecule has 0 spiro atoms. The van der Waals surface area contributed by atoms with E-state index in [4.69, 9.17) is 4.52 Å². The highest BCUT2D eigenvalue weighted by molar-refractivity contribution is 5.97. The normalized spacial score (nSPS) is 15.7. The molecule has 1 aliphatic heterocycles. The molecule has 0 aliphatic carbocycles. The average molecular weight is 365 g/mol. The Morgan fingerprint density at radius 1 is 1.07 bits per heavy atom. The summed E-state index contributed by atoms with van der Waals surface area (Å²) in [6.07, 6.45) is 1.65. The number of rotatable bonds is 5. The largest absolute Gasteiger partial charge is 0.338 e. The first-order chi connectivity index (χ1) is 13.2. The minimum absolute atomic E-state index is 0.0705. The number of piperidine rings is 1. The Balaban J connectivity index is 1.33. The minimum Gasteiger partial charge on any atom is -0.338 e. The molecule has 0 saturated carbocycles. The Morgan fingerprint density at radius 2 is 1.78 bits per heavy atom. The third-order valence-corrected chi connectivity index (χ3v) is 4.95. The maximum Gasteiger partial charge on any atom is 0.241 e. The van der Waals surface area contributed by atoms with Crippen LogP contribution in [0.2, 0.25) is 0 Å². The summed E-state index contributed by atoms with van der Waals surface area (Å²) < 4.78 is 18.4. The van der Waals surface area contributed by atoms with E-state index in [2.05, 4.69) is 15.0 Å². The lowest BCUT2D eigenvalue weighted by molar-refractivity contribution is 0.0825. The van der Waals surface area contributed by atoms with Crippen molar-refractivity contribution in [2.24, 2.45) is 5.92 Å². The third kappa shape index (κ3) is 4.11. The van der Waals surface area contributed by atoms with E-state index in [9.17, 15) is 9.18 Å². The molecule has 0 N–H and O–H groups in total. The van der Waals surface area contributed by atoms with Crippen molar-refractivity contribution >= 4 is 5.78 Å². The van der Waals surface area contributed by atoms with Gasteiger partial charge in [-0.25, -0.2) is 4.39 Å². The van der Waals surface area contributed by atoms with Gasteiger partial charge in [-0.05, 0) is 50.2 Å². The van der Waals surface area contributed by atoms with Gasteiger partial charge in [0.25, 0.3) is 0 Å². The van der Waals surface area contributed by atoms with Crippen molar-refractivity contribution in [1.29, 1.82) is 0 Å². The van der Waals surface area contributed by atoms with Gasteiger partial charge in [0, 0.05) is 17.0 Å². The van der Waals surface area contributed by atoms with Crippen LogP contribution in [0, 0.1) is 11.7 Å². The van der Waals surface area contributed by atoms with Crippen LogP contribution in [0.1, 0.15) is 29.1 Å². The summed E-state index contributed by atoms with van der Waals surface area (Å²) in [4.78, 5) is 19.2. The molecule has 1 fully saturated rings. The monoisotopic (exact) mass is 365 g/mol. The van der Waals surface area contributed by atoms with Crippen molar-refractivity contribution in [2.45, 2.75) is 19.4 Å². The average Bonchev–Trinajstić information content (AvgIpc) is 3.18. The first kappa shape index (κ1) is 17.5. The van der Waals surface area contributed by atoms with Gasteiger partial charge < -0.3 is 4.52 Å². The second kappa shape index (κ2) is 7.80. The summed E-state index contributed by atoms with van der Waals surface area (Å²) in [5.74, 6) is 0.990. The Bertz CT molecular complexity index is 901. The van der Waals surface area contributed by atoms with Crippen LogP contribution >= 0.6 is 0 Å². The second-order valence-corrected chi connectivity index (χ2v) is 6.80. The maximum absolute atomic E-state index is 13.0. The molecule has 6 heteroatoms. The van der Waals surface area contributed by atoms with Gasteiger partial charge in [0.1, 0.15) is 5.82 Å². The van der Waals surface area contributed by atoms with E-state index < -0.39 is 0 Å². The number of hydrogen-bond acceptors (Lipinski definition) is 5. The van der Waals surface area contributed by atoms with Crippen LogP contribution in [0.4, 0.5) is 4.39 Å². The number of halogens is 1. The number of benzene rings is 2. The summed E-state index contributed by atoms with van der Waals surface area (Å²) in [6, 6.07) is 15.5. The Hall–Kier alpha value is -2.86. The quantitative estimate of drug-likeness (QED) is 0.640. The minimum atomic E-state index is -0.296. The van der Waals surface area contributed by atoms with Gasteiger partial charge in [-0.3, -0.25) is 9.69 Å². The number of carbonyl (C=O) groups excluding carboxylic acids is 1. The van der Waals surface area contributed by atoms with Crippen LogP contribution in [0.15, 0.2) is 59.1 Å². The van der Waals surface area contributed by atoms with Crippen molar-refractivity contribution < 1.29 is 13.7 Å². The standard InChI is InChI=1S/C21H20FN3O2/c22-18-8-6-17(7-9-18)21-23-19(27-24-21)14-25-12-10-16(11-13-25)20(26)15-4-2-1-3-5-15/h1-9,16H,10-14H2. The summed E-state index contributed by atoms with van der Waals surface area (Å²) in [6.45, 7) is 2.19. The van der Waals surface area contributed by atoms with Gasteiger partial charge in [-0.15, -0.1) is 0 Å². The van der Waals surface area contributed by atoms with E-state index in [1.807, 2.05) is 30.3 Å². The van der Waals surface area contributed by atoms with E-state index in [1.54, 1.807) is 12.1 Å². The van der Waals surface area contributed by atoms with E-state index in [1.165, 1.54) is 12.1 Å². The van der Waals surface area contributed by atoms with E-state index in [-0.39, 0.29) is 17.5 Å². The van der Waals surface area contributed by atoms with E-state index in [0.29, 0.717) is 18.3 Å². The number of carbonyl (C=O) groups is 1. The molecule has 1 saturated heterocycles. The molecule has 0 atom stereocenters. The maximum atomic E-state index is 13.0. The Labute approximate surface area is 156 Å². The van der Waals surface area contributed by atoms with Gasteiger partial charge in [0.05, 0.1) is 6.54 Å². The lowest BCUT2D eigenvalue weighted by atomic mass is 9.89. The first-order valence-electron chi connectivity index (χ1n) is 9.09. The van der Waals surface area contributed by atoms with Gasteiger partial charge in [0.15, 0.2) is 5.78 Å².